The first-order valence-corrected chi connectivity index (χ1v) is 10.5. The van der Waals surface area contributed by atoms with Gasteiger partial charge in [-0.25, -0.2) is 13.1 Å². The number of hydrogen-bond donors (Lipinski definition) is 3. The molecule has 0 aromatic heterocycles. The molecule has 2 amide bonds. The number of likely N-dealkylation sites (N-methyl/N-ethyl adjacent to an activating group) is 1. The predicted molar refractivity (Wildman–Crippen MR) is 106 cm³/mol. The number of ether oxygens (including phenoxy) is 1. The van der Waals surface area contributed by atoms with Crippen LogP contribution in [0.15, 0.2) is 47.4 Å². The molecule has 9 nitrogen and oxygen atoms in total. The molecule has 0 radical (unpaired) electrons. The smallest absolute Gasteiger partial charge is 0.307 e. The van der Waals surface area contributed by atoms with Crippen molar-refractivity contribution in [1.82, 2.24) is 15.4 Å². The number of amides is 2. The van der Waals surface area contributed by atoms with Crippen molar-refractivity contribution >= 4 is 38.6 Å². The number of carbonyl (C=O) groups is 3. The topological polar surface area (TPSA) is 131 Å². The summed E-state index contributed by atoms with van der Waals surface area (Å²) in [4.78, 5) is 34.5. The zero-order chi connectivity index (χ0) is 21.3. The van der Waals surface area contributed by atoms with Gasteiger partial charge >= 0.3 is 5.97 Å². The Labute approximate surface area is 168 Å². The lowest BCUT2D eigenvalue weighted by Crippen LogP contribution is -2.38. The lowest BCUT2D eigenvalue weighted by molar-refractivity contribution is -0.148. The predicted octanol–water partition coefficient (Wildman–Crippen LogP) is 0.304. The standard InChI is InChI=1S/C19H23N3O6S/c1-2-20-17(23)12-21-18(24)13-28-19(25)9-10-22-29(26,27)16-8-7-14-5-3-4-6-15(14)11-16/h3-8,11,22H,2,9-10,12-13H2,1H3,(H,20,23)(H,21,24). The van der Waals surface area contributed by atoms with E-state index in [0.29, 0.717) is 6.54 Å². The van der Waals surface area contributed by atoms with E-state index < -0.39 is 28.5 Å². The minimum absolute atomic E-state index is 0.0919. The summed E-state index contributed by atoms with van der Waals surface area (Å²) in [6.45, 7) is 1.26. The number of fused-ring (bicyclic) bond motifs is 1. The van der Waals surface area contributed by atoms with Crippen LogP contribution >= 0.6 is 0 Å². The van der Waals surface area contributed by atoms with Gasteiger partial charge in [-0.1, -0.05) is 30.3 Å². The maximum Gasteiger partial charge on any atom is 0.307 e. The second kappa shape index (κ2) is 10.5. The summed E-state index contributed by atoms with van der Waals surface area (Å²) in [6.07, 6.45) is -0.240. The molecule has 10 heteroatoms. The summed E-state index contributed by atoms with van der Waals surface area (Å²) in [5, 5.41) is 6.51. The van der Waals surface area contributed by atoms with Crippen LogP contribution in [-0.2, 0) is 29.1 Å². The van der Waals surface area contributed by atoms with Gasteiger partial charge in [-0.2, -0.15) is 0 Å². The summed E-state index contributed by atoms with van der Waals surface area (Å²) in [5.74, 6) is -1.71. The number of carbonyl (C=O) groups excluding carboxylic acids is 3. The summed E-state index contributed by atoms with van der Waals surface area (Å²) >= 11 is 0. The summed E-state index contributed by atoms with van der Waals surface area (Å²) in [5.41, 5.74) is 0. The number of nitrogens with one attached hydrogen (secondary N) is 3. The second-order valence-corrected chi connectivity index (χ2v) is 7.81. The van der Waals surface area contributed by atoms with E-state index in [9.17, 15) is 22.8 Å². The Morgan fingerprint density at radius 3 is 2.41 bits per heavy atom. The molecule has 0 heterocycles. The third-order valence-electron chi connectivity index (χ3n) is 3.84. The molecule has 0 spiro atoms. The van der Waals surface area contributed by atoms with Crippen LogP contribution in [0.5, 0.6) is 0 Å². The highest BCUT2D eigenvalue weighted by Gasteiger charge is 2.15. The molecule has 0 atom stereocenters. The van der Waals surface area contributed by atoms with Crippen molar-refractivity contribution in [3.63, 3.8) is 0 Å². The molecule has 2 aromatic rings. The van der Waals surface area contributed by atoms with Crippen molar-refractivity contribution in [2.75, 3.05) is 26.2 Å². The number of benzene rings is 2. The molecule has 0 aliphatic carbocycles. The van der Waals surface area contributed by atoms with E-state index >= 15 is 0 Å². The van der Waals surface area contributed by atoms with Crippen LogP contribution in [0, 0.1) is 0 Å². The van der Waals surface area contributed by atoms with E-state index in [4.69, 9.17) is 4.74 Å². The molecule has 0 fully saturated rings. The molecule has 0 aliphatic heterocycles. The quantitative estimate of drug-likeness (QED) is 0.473. The highest BCUT2D eigenvalue weighted by Crippen LogP contribution is 2.18. The van der Waals surface area contributed by atoms with Crippen LogP contribution in [0.3, 0.4) is 0 Å². The van der Waals surface area contributed by atoms with Gasteiger partial charge in [0.2, 0.25) is 15.9 Å². The highest BCUT2D eigenvalue weighted by atomic mass is 32.2. The minimum atomic E-state index is -3.78. The first-order valence-electron chi connectivity index (χ1n) is 8.99. The number of esters is 1. The van der Waals surface area contributed by atoms with Crippen molar-refractivity contribution in [2.45, 2.75) is 18.2 Å². The van der Waals surface area contributed by atoms with E-state index in [1.54, 1.807) is 19.1 Å². The van der Waals surface area contributed by atoms with Gasteiger partial charge in [0.25, 0.3) is 5.91 Å². The van der Waals surface area contributed by atoms with Crippen molar-refractivity contribution in [1.29, 1.82) is 0 Å². The first kappa shape index (κ1) is 22.3. The summed E-state index contributed by atoms with van der Waals surface area (Å²) < 4.78 is 31.8. The summed E-state index contributed by atoms with van der Waals surface area (Å²) in [6, 6.07) is 12.1. The van der Waals surface area contributed by atoms with Crippen molar-refractivity contribution < 1.29 is 27.5 Å². The van der Waals surface area contributed by atoms with Gasteiger partial charge in [-0.3, -0.25) is 14.4 Å². The first-order chi connectivity index (χ1) is 13.8. The fraction of sp³-hybridized carbons (Fsp3) is 0.316. The number of rotatable bonds is 10. The van der Waals surface area contributed by atoms with Gasteiger partial charge in [0, 0.05) is 13.1 Å². The molecular weight excluding hydrogens is 398 g/mol. The van der Waals surface area contributed by atoms with Gasteiger partial charge in [0.15, 0.2) is 6.61 Å². The number of hydrogen-bond acceptors (Lipinski definition) is 6. The maximum atomic E-state index is 12.4. The average Bonchev–Trinajstić information content (AvgIpc) is 2.70. The molecule has 29 heavy (non-hydrogen) atoms. The maximum absolute atomic E-state index is 12.4. The zero-order valence-electron chi connectivity index (χ0n) is 15.9. The van der Waals surface area contributed by atoms with E-state index in [1.807, 2.05) is 24.3 Å². The van der Waals surface area contributed by atoms with Crippen LogP contribution < -0.4 is 15.4 Å². The Morgan fingerprint density at radius 1 is 0.966 bits per heavy atom. The van der Waals surface area contributed by atoms with E-state index in [1.165, 1.54) is 6.07 Å². The summed E-state index contributed by atoms with van der Waals surface area (Å²) in [7, 11) is -3.78. The van der Waals surface area contributed by atoms with Crippen molar-refractivity contribution in [3.8, 4) is 0 Å². The SMILES string of the molecule is CCNC(=O)CNC(=O)COC(=O)CCNS(=O)(=O)c1ccc2ccccc2c1. The molecule has 156 valence electrons. The van der Waals surface area contributed by atoms with Gasteiger partial charge in [-0.15, -0.1) is 0 Å². The largest absolute Gasteiger partial charge is 0.456 e. The Morgan fingerprint density at radius 2 is 1.69 bits per heavy atom. The average molecular weight is 421 g/mol. The molecule has 0 saturated carbocycles. The third-order valence-corrected chi connectivity index (χ3v) is 5.30. The van der Waals surface area contributed by atoms with Gasteiger partial charge in [-0.05, 0) is 29.8 Å². The van der Waals surface area contributed by atoms with Crippen LogP contribution in [0.25, 0.3) is 10.8 Å². The monoisotopic (exact) mass is 421 g/mol. The van der Waals surface area contributed by atoms with Gasteiger partial charge < -0.3 is 15.4 Å². The van der Waals surface area contributed by atoms with Crippen LogP contribution in [0.2, 0.25) is 0 Å². The van der Waals surface area contributed by atoms with Crippen LogP contribution in [-0.4, -0.2) is 52.4 Å². The molecule has 0 unspecified atom stereocenters. The fourth-order valence-electron chi connectivity index (χ4n) is 2.41. The van der Waals surface area contributed by atoms with Crippen molar-refractivity contribution in [3.05, 3.63) is 42.5 Å². The Kier molecular flexibility index (Phi) is 8.10. The van der Waals surface area contributed by atoms with Crippen LogP contribution in [0.1, 0.15) is 13.3 Å². The lowest BCUT2D eigenvalue weighted by Gasteiger charge is -2.09. The van der Waals surface area contributed by atoms with E-state index in [-0.39, 0.29) is 30.3 Å². The highest BCUT2D eigenvalue weighted by molar-refractivity contribution is 7.89. The molecule has 0 saturated heterocycles. The third kappa shape index (κ3) is 7.16. The zero-order valence-corrected chi connectivity index (χ0v) is 16.8. The fourth-order valence-corrected chi connectivity index (χ4v) is 3.48. The lowest BCUT2D eigenvalue weighted by atomic mass is 10.1. The molecule has 0 bridgehead atoms. The second-order valence-electron chi connectivity index (χ2n) is 6.05. The van der Waals surface area contributed by atoms with E-state index in [0.717, 1.165) is 10.8 Å². The molecule has 2 rings (SSSR count). The molecule has 2 aromatic carbocycles. The molecule has 3 N–H and O–H groups in total. The van der Waals surface area contributed by atoms with E-state index in [2.05, 4.69) is 15.4 Å². The molecule has 0 aliphatic rings. The normalized spacial score (nSPS) is 11.1. The van der Waals surface area contributed by atoms with Crippen LogP contribution in [0.4, 0.5) is 0 Å². The Bertz CT molecular complexity index is 990. The van der Waals surface area contributed by atoms with Gasteiger partial charge in [0.05, 0.1) is 17.9 Å². The van der Waals surface area contributed by atoms with Gasteiger partial charge in [0.1, 0.15) is 0 Å². The Hall–Kier alpha value is -2.98. The Balaban J connectivity index is 1.75. The van der Waals surface area contributed by atoms with Crippen molar-refractivity contribution in [2.24, 2.45) is 0 Å². The molecular formula is C19H23N3O6S. The minimum Gasteiger partial charge on any atom is -0.456 e. The number of sulfonamides is 1.